The molecule has 3 rings (SSSR count). The Kier molecular flexibility index (Phi) is 15.4. The molecule has 0 aliphatic rings. The van der Waals surface area contributed by atoms with Gasteiger partial charge in [0, 0.05) is 64.8 Å². The molecule has 0 saturated heterocycles. The zero-order chi connectivity index (χ0) is 31.6. The average Bonchev–Trinajstić information content (AvgIpc) is 3.02. The second-order valence-electron chi connectivity index (χ2n) is 11.4. The van der Waals surface area contributed by atoms with E-state index in [1.807, 2.05) is 6.07 Å². The van der Waals surface area contributed by atoms with Gasteiger partial charge in [-0.1, -0.05) is 80.1 Å². The van der Waals surface area contributed by atoms with E-state index in [0.29, 0.717) is 32.6 Å². The Balaban J connectivity index is 1.70. The van der Waals surface area contributed by atoms with Gasteiger partial charge in [-0.15, -0.1) is 0 Å². The van der Waals surface area contributed by atoms with Gasteiger partial charge in [-0.25, -0.2) is 0 Å². The minimum Gasteiger partial charge on any atom is -0.493 e. The molecule has 3 N–H and O–H groups in total. The highest BCUT2D eigenvalue weighted by Crippen LogP contribution is 2.32. The zero-order valence-electron chi connectivity index (χ0n) is 27.1. The topological polar surface area (TPSA) is 92.4 Å². The highest BCUT2D eigenvalue weighted by molar-refractivity contribution is 5.96. The maximum Gasteiger partial charge on any atom is 0.226 e. The van der Waals surface area contributed by atoms with Crippen LogP contribution in [0, 0.1) is 0 Å². The summed E-state index contributed by atoms with van der Waals surface area (Å²) in [5, 5.41) is 2.69. The van der Waals surface area contributed by atoms with Gasteiger partial charge in [-0.05, 0) is 55.3 Å². The number of unbranched alkanes of at least 4 members (excludes halogenated alkanes) is 1. The number of carbonyl (C=O) groups excluding carboxylic acids is 1. The molecule has 0 saturated carbocycles. The number of hydrogen-bond donors (Lipinski definition) is 2. The number of nitrogens with two attached hydrogens (primary N) is 1. The van der Waals surface area contributed by atoms with Crippen molar-refractivity contribution in [3.8, 4) is 16.9 Å². The normalized spacial score (nSPS) is 11.7. The van der Waals surface area contributed by atoms with Gasteiger partial charge in [-0.3, -0.25) is 20.0 Å². The summed E-state index contributed by atoms with van der Waals surface area (Å²) in [6.07, 6.45) is 3.66. The van der Waals surface area contributed by atoms with Crippen LogP contribution in [0.3, 0.4) is 0 Å². The van der Waals surface area contributed by atoms with Crippen molar-refractivity contribution in [1.82, 2.24) is 15.1 Å². The molecule has 3 aromatic carbocycles. The van der Waals surface area contributed by atoms with E-state index < -0.39 is 0 Å². The number of nitrogens with one attached hydrogen (secondary N) is 1. The summed E-state index contributed by atoms with van der Waals surface area (Å²) in [5.74, 6) is 0.853. The van der Waals surface area contributed by atoms with Crippen molar-refractivity contribution in [1.29, 1.82) is 0 Å². The van der Waals surface area contributed by atoms with Crippen molar-refractivity contribution in [2.45, 2.75) is 52.1 Å². The molecule has 1 amide bonds. The first-order valence-corrected chi connectivity index (χ1v) is 15.7. The van der Waals surface area contributed by atoms with Crippen LogP contribution in [0.25, 0.3) is 11.1 Å². The van der Waals surface area contributed by atoms with Crippen LogP contribution in [0.4, 0.5) is 0 Å². The SMILES string of the molecule is CCCCN=C(N)NC(=O)CCc1ccc(-c2ccc(CN(CCN(C)C)Cc3ccccc3)cc2)c(OCCCOC)c1. The standard InChI is InChI=1S/C36H51N5O3/c1-5-6-21-38-36(37)39-35(42)20-16-29-15-19-33(34(26-29)44-25-10-24-43-4)32-17-13-31(14-18-32)28-41(23-22-40(2)3)27-30-11-8-7-9-12-30/h7-9,11-15,17-19,26H,5-6,10,16,20-25,27-28H2,1-4H3,(H3,37,38,39,42). The number of rotatable bonds is 19. The van der Waals surface area contributed by atoms with E-state index in [2.05, 4.69) is 108 Å². The summed E-state index contributed by atoms with van der Waals surface area (Å²) in [4.78, 5) is 21.4. The van der Waals surface area contributed by atoms with E-state index in [1.54, 1.807) is 7.11 Å². The molecule has 0 aliphatic carbocycles. The Morgan fingerprint density at radius 2 is 1.59 bits per heavy atom. The van der Waals surface area contributed by atoms with E-state index in [9.17, 15) is 4.79 Å². The molecule has 0 atom stereocenters. The average molecular weight is 602 g/mol. The van der Waals surface area contributed by atoms with Crippen molar-refractivity contribution < 1.29 is 14.3 Å². The molecule has 8 nitrogen and oxygen atoms in total. The Labute approximate surface area is 264 Å². The second kappa shape index (κ2) is 19.5. The number of guanidine groups is 1. The van der Waals surface area contributed by atoms with Crippen LogP contribution < -0.4 is 15.8 Å². The van der Waals surface area contributed by atoms with Gasteiger partial charge >= 0.3 is 0 Å². The van der Waals surface area contributed by atoms with Gasteiger partial charge in [0.15, 0.2) is 5.96 Å². The predicted octanol–water partition coefficient (Wildman–Crippen LogP) is 5.50. The lowest BCUT2D eigenvalue weighted by Crippen LogP contribution is -2.37. The molecule has 0 heterocycles. The number of likely N-dealkylation sites (N-methyl/N-ethyl adjacent to an activating group) is 1. The highest BCUT2D eigenvalue weighted by atomic mass is 16.5. The van der Waals surface area contributed by atoms with Crippen LogP contribution in [0.1, 0.15) is 49.3 Å². The van der Waals surface area contributed by atoms with E-state index in [4.69, 9.17) is 15.2 Å². The van der Waals surface area contributed by atoms with Crippen LogP contribution in [0.2, 0.25) is 0 Å². The summed E-state index contributed by atoms with van der Waals surface area (Å²) in [6.45, 7) is 7.67. The van der Waals surface area contributed by atoms with Crippen LogP contribution in [-0.2, 0) is 29.0 Å². The molecule has 8 heteroatoms. The van der Waals surface area contributed by atoms with Gasteiger partial charge in [0.25, 0.3) is 0 Å². The Morgan fingerprint density at radius 3 is 2.27 bits per heavy atom. The van der Waals surface area contributed by atoms with E-state index in [1.165, 1.54) is 11.1 Å². The molecule has 0 radical (unpaired) electrons. The molecular formula is C36H51N5O3. The van der Waals surface area contributed by atoms with E-state index in [0.717, 1.165) is 67.9 Å². The third-order valence-electron chi connectivity index (χ3n) is 7.28. The van der Waals surface area contributed by atoms with Crippen molar-refractivity contribution in [3.05, 3.63) is 89.5 Å². The monoisotopic (exact) mass is 601 g/mol. The maximum atomic E-state index is 12.4. The summed E-state index contributed by atoms with van der Waals surface area (Å²) < 4.78 is 11.5. The number of ether oxygens (including phenoxy) is 2. The number of benzene rings is 3. The van der Waals surface area contributed by atoms with Crippen molar-refractivity contribution in [2.75, 3.05) is 54.1 Å². The lowest BCUT2D eigenvalue weighted by Gasteiger charge is -2.24. The molecule has 0 aromatic heterocycles. The second-order valence-corrected chi connectivity index (χ2v) is 11.4. The van der Waals surface area contributed by atoms with Gasteiger partial charge in [0.05, 0.1) is 6.61 Å². The Morgan fingerprint density at radius 1 is 0.886 bits per heavy atom. The molecule has 0 bridgehead atoms. The highest BCUT2D eigenvalue weighted by Gasteiger charge is 2.12. The summed E-state index contributed by atoms with van der Waals surface area (Å²) in [5.41, 5.74) is 11.6. The van der Waals surface area contributed by atoms with Gasteiger partial charge < -0.3 is 20.1 Å². The molecule has 44 heavy (non-hydrogen) atoms. The number of nitrogens with zero attached hydrogens (tertiary/aromatic N) is 3. The number of amides is 1. The third kappa shape index (κ3) is 12.9. The molecule has 0 unspecified atom stereocenters. The first-order valence-electron chi connectivity index (χ1n) is 15.7. The number of aryl methyl sites for hydroxylation is 1. The maximum absolute atomic E-state index is 12.4. The van der Waals surface area contributed by atoms with Crippen molar-refractivity contribution in [3.63, 3.8) is 0 Å². The first kappa shape index (κ1) is 34.8. The lowest BCUT2D eigenvalue weighted by atomic mass is 9.99. The molecule has 3 aromatic rings. The number of hydrogen-bond acceptors (Lipinski definition) is 6. The van der Waals surface area contributed by atoms with Gasteiger partial charge in [0.2, 0.25) is 5.91 Å². The molecule has 0 spiro atoms. The fraction of sp³-hybridized carbons (Fsp3) is 0.444. The van der Waals surface area contributed by atoms with E-state index >= 15 is 0 Å². The Bertz CT molecular complexity index is 1280. The van der Waals surface area contributed by atoms with Crippen LogP contribution >= 0.6 is 0 Å². The molecule has 0 aliphatic heterocycles. The number of methoxy groups -OCH3 is 1. The minimum absolute atomic E-state index is 0.142. The fourth-order valence-corrected chi connectivity index (χ4v) is 4.77. The predicted molar refractivity (Wildman–Crippen MR) is 181 cm³/mol. The van der Waals surface area contributed by atoms with Crippen LogP contribution in [-0.4, -0.2) is 75.7 Å². The third-order valence-corrected chi connectivity index (χ3v) is 7.28. The quantitative estimate of drug-likeness (QED) is 0.107. The van der Waals surface area contributed by atoms with Crippen molar-refractivity contribution >= 4 is 11.9 Å². The largest absolute Gasteiger partial charge is 0.493 e. The zero-order valence-corrected chi connectivity index (χ0v) is 27.1. The summed E-state index contributed by atoms with van der Waals surface area (Å²) in [7, 11) is 5.93. The molecule has 238 valence electrons. The Hall–Kier alpha value is -3.72. The van der Waals surface area contributed by atoms with E-state index in [-0.39, 0.29) is 11.9 Å². The molecular weight excluding hydrogens is 550 g/mol. The lowest BCUT2D eigenvalue weighted by molar-refractivity contribution is -0.119. The first-order chi connectivity index (χ1) is 21.4. The fourth-order valence-electron chi connectivity index (χ4n) is 4.77. The van der Waals surface area contributed by atoms with Gasteiger partial charge in [-0.2, -0.15) is 0 Å². The number of carbonyl (C=O) groups is 1. The summed E-state index contributed by atoms with van der Waals surface area (Å²) in [6, 6.07) is 25.6. The van der Waals surface area contributed by atoms with Crippen LogP contribution in [0.5, 0.6) is 5.75 Å². The van der Waals surface area contributed by atoms with Gasteiger partial charge in [0.1, 0.15) is 5.75 Å². The minimum atomic E-state index is -0.142. The van der Waals surface area contributed by atoms with Crippen molar-refractivity contribution in [2.24, 2.45) is 10.7 Å². The van der Waals surface area contributed by atoms with Crippen LogP contribution in [0.15, 0.2) is 77.8 Å². The molecule has 0 fully saturated rings. The number of aliphatic imine (C=N–C) groups is 1. The summed E-state index contributed by atoms with van der Waals surface area (Å²) >= 11 is 0. The smallest absolute Gasteiger partial charge is 0.226 e.